The average Bonchev–Trinajstić information content (AvgIpc) is 1.59. The van der Waals surface area contributed by atoms with E-state index < -0.39 is 9.84 Å². The van der Waals surface area contributed by atoms with E-state index in [1.165, 1.54) is 0 Å². The van der Waals surface area contributed by atoms with Gasteiger partial charge >= 0.3 is 0 Å². The second-order valence-electron chi connectivity index (χ2n) is 2.65. The van der Waals surface area contributed by atoms with Crippen LogP contribution in [-0.4, -0.2) is 19.9 Å². The van der Waals surface area contributed by atoms with Gasteiger partial charge in [0, 0.05) is 0 Å². The van der Waals surface area contributed by atoms with E-state index in [4.69, 9.17) is 6.42 Å². The Hall–Kier alpha value is -0.490. The van der Waals surface area contributed by atoms with Crippen molar-refractivity contribution in [1.29, 1.82) is 0 Å². The summed E-state index contributed by atoms with van der Waals surface area (Å²) in [5.41, 5.74) is 0. The molecular weight excluding hydrogens is 148 g/mol. The van der Waals surface area contributed by atoms with Crippen molar-refractivity contribution in [1.82, 2.24) is 0 Å². The molecule has 0 unspecified atom stereocenters. The standard InChI is InChI=1S/C7H12O2S/c1-4-5-10(8,9)6-7(2)3/h1,7H,5-6H2,2-3H3. The van der Waals surface area contributed by atoms with Crippen LogP contribution in [0.3, 0.4) is 0 Å². The maximum absolute atomic E-state index is 10.9. The van der Waals surface area contributed by atoms with Crippen LogP contribution in [0.5, 0.6) is 0 Å². The highest BCUT2D eigenvalue weighted by Gasteiger charge is 2.10. The molecule has 0 heterocycles. The quantitative estimate of drug-likeness (QED) is 0.569. The van der Waals surface area contributed by atoms with Crippen LogP contribution in [0.25, 0.3) is 0 Å². The molecule has 2 nitrogen and oxygen atoms in total. The molecule has 10 heavy (non-hydrogen) atoms. The Kier molecular flexibility index (Phi) is 3.45. The SMILES string of the molecule is C#CCS(=O)(=O)CC(C)C. The topological polar surface area (TPSA) is 34.1 Å². The largest absolute Gasteiger partial charge is 0.228 e. The molecule has 0 rings (SSSR count). The van der Waals surface area contributed by atoms with Crippen LogP contribution in [0, 0.1) is 18.3 Å². The summed E-state index contributed by atoms with van der Waals surface area (Å²) in [4.78, 5) is 0. The molecule has 0 bridgehead atoms. The third-order valence-corrected chi connectivity index (χ3v) is 2.67. The van der Waals surface area contributed by atoms with Crippen LogP contribution in [0.4, 0.5) is 0 Å². The summed E-state index contributed by atoms with van der Waals surface area (Å²) >= 11 is 0. The summed E-state index contributed by atoms with van der Waals surface area (Å²) in [7, 11) is -2.97. The van der Waals surface area contributed by atoms with Gasteiger partial charge in [0.2, 0.25) is 0 Å². The molecule has 0 aliphatic rings. The Morgan fingerprint density at radius 3 is 2.30 bits per heavy atom. The first-order valence-corrected chi connectivity index (χ1v) is 4.94. The first-order valence-electron chi connectivity index (χ1n) is 3.12. The van der Waals surface area contributed by atoms with Crippen LogP contribution < -0.4 is 0 Å². The van der Waals surface area contributed by atoms with E-state index >= 15 is 0 Å². The van der Waals surface area contributed by atoms with Crippen molar-refractivity contribution in [2.45, 2.75) is 13.8 Å². The molecule has 0 aliphatic heterocycles. The highest BCUT2D eigenvalue weighted by molar-refractivity contribution is 7.91. The molecule has 0 aliphatic carbocycles. The smallest absolute Gasteiger partial charge is 0.161 e. The summed E-state index contributed by atoms with van der Waals surface area (Å²) in [6.45, 7) is 3.71. The number of rotatable bonds is 3. The molecule has 0 saturated carbocycles. The monoisotopic (exact) mass is 160 g/mol. The van der Waals surface area contributed by atoms with Crippen molar-refractivity contribution < 1.29 is 8.42 Å². The highest BCUT2D eigenvalue weighted by Crippen LogP contribution is 1.99. The Morgan fingerprint density at radius 1 is 1.50 bits per heavy atom. The summed E-state index contributed by atoms with van der Waals surface area (Å²) in [6.07, 6.45) is 4.86. The van der Waals surface area contributed by atoms with Crippen LogP contribution in [-0.2, 0) is 9.84 Å². The molecule has 0 aromatic carbocycles. The molecule has 0 spiro atoms. The minimum absolute atomic E-state index is 0.134. The van der Waals surface area contributed by atoms with Gasteiger partial charge in [-0.05, 0) is 5.92 Å². The second kappa shape index (κ2) is 3.62. The molecule has 0 N–H and O–H groups in total. The Balaban J connectivity index is 4.05. The number of terminal acetylenes is 1. The third-order valence-electron chi connectivity index (χ3n) is 0.891. The van der Waals surface area contributed by atoms with E-state index in [1.54, 1.807) is 0 Å². The molecule has 0 radical (unpaired) electrons. The third kappa shape index (κ3) is 4.39. The maximum atomic E-state index is 10.9. The summed E-state index contributed by atoms with van der Waals surface area (Å²) in [5, 5.41) is 0. The fourth-order valence-corrected chi connectivity index (χ4v) is 2.08. The van der Waals surface area contributed by atoms with Gasteiger partial charge in [-0.1, -0.05) is 19.8 Å². The van der Waals surface area contributed by atoms with Gasteiger partial charge in [0.05, 0.1) is 5.75 Å². The van der Waals surface area contributed by atoms with E-state index in [0.29, 0.717) is 0 Å². The van der Waals surface area contributed by atoms with Gasteiger partial charge in [0.15, 0.2) is 9.84 Å². The van der Waals surface area contributed by atoms with E-state index in [-0.39, 0.29) is 17.4 Å². The van der Waals surface area contributed by atoms with Gasteiger partial charge in [0.25, 0.3) is 0 Å². The fraction of sp³-hybridized carbons (Fsp3) is 0.714. The van der Waals surface area contributed by atoms with Gasteiger partial charge in [-0.25, -0.2) is 8.42 Å². The minimum Gasteiger partial charge on any atom is -0.228 e. The van der Waals surface area contributed by atoms with Gasteiger partial charge in [0.1, 0.15) is 5.75 Å². The van der Waals surface area contributed by atoms with Crippen molar-refractivity contribution >= 4 is 9.84 Å². The van der Waals surface area contributed by atoms with Gasteiger partial charge < -0.3 is 0 Å². The van der Waals surface area contributed by atoms with Gasteiger partial charge in [-0.2, -0.15) is 0 Å². The Morgan fingerprint density at radius 2 is 2.00 bits per heavy atom. The van der Waals surface area contributed by atoms with Gasteiger partial charge in [-0.15, -0.1) is 6.42 Å². The zero-order valence-corrected chi connectivity index (χ0v) is 7.11. The van der Waals surface area contributed by atoms with E-state index in [1.807, 2.05) is 13.8 Å². The van der Waals surface area contributed by atoms with Crippen molar-refractivity contribution in [3.05, 3.63) is 0 Å². The van der Waals surface area contributed by atoms with Crippen molar-refractivity contribution in [2.75, 3.05) is 11.5 Å². The highest BCUT2D eigenvalue weighted by atomic mass is 32.2. The zero-order valence-electron chi connectivity index (χ0n) is 6.29. The zero-order chi connectivity index (χ0) is 8.20. The van der Waals surface area contributed by atoms with Crippen molar-refractivity contribution in [2.24, 2.45) is 5.92 Å². The van der Waals surface area contributed by atoms with E-state index in [9.17, 15) is 8.42 Å². The number of sulfone groups is 1. The number of hydrogen-bond donors (Lipinski definition) is 0. The summed E-state index contributed by atoms with van der Waals surface area (Å²) in [5.74, 6) is 2.35. The number of hydrogen-bond acceptors (Lipinski definition) is 2. The predicted octanol–water partition coefficient (Wildman–Crippen LogP) is 0.690. The molecule has 58 valence electrons. The Bertz CT molecular complexity index is 218. The molecule has 0 atom stereocenters. The van der Waals surface area contributed by atoms with Crippen molar-refractivity contribution in [3.63, 3.8) is 0 Å². The lowest BCUT2D eigenvalue weighted by Crippen LogP contribution is -2.13. The van der Waals surface area contributed by atoms with Crippen LogP contribution in [0.1, 0.15) is 13.8 Å². The first kappa shape index (κ1) is 9.51. The van der Waals surface area contributed by atoms with Crippen LogP contribution in [0.2, 0.25) is 0 Å². The van der Waals surface area contributed by atoms with E-state index in [0.717, 1.165) is 0 Å². The lowest BCUT2D eigenvalue weighted by atomic mass is 10.3. The summed E-state index contributed by atoms with van der Waals surface area (Å²) in [6, 6.07) is 0. The Labute approximate surface area is 62.6 Å². The normalized spacial score (nSPS) is 11.4. The second-order valence-corrected chi connectivity index (χ2v) is 4.76. The molecule has 0 aromatic rings. The fourth-order valence-electron chi connectivity index (χ4n) is 0.694. The maximum Gasteiger partial charge on any atom is 0.161 e. The van der Waals surface area contributed by atoms with Crippen molar-refractivity contribution in [3.8, 4) is 12.3 Å². The molecule has 0 amide bonds. The van der Waals surface area contributed by atoms with Crippen LogP contribution >= 0.6 is 0 Å². The minimum atomic E-state index is -2.97. The molecule has 3 heteroatoms. The van der Waals surface area contributed by atoms with Gasteiger partial charge in [-0.3, -0.25) is 0 Å². The first-order chi connectivity index (χ1) is 4.48. The summed E-state index contributed by atoms with van der Waals surface area (Å²) < 4.78 is 21.8. The molecule has 0 fully saturated rings. The lowest BCUT2D eigenvalue weighted by Gasteiger charge is -2.01. The lowest BCUT2D eigenvalue weighted by molar-refractivity contribution is 0.586. The molecule has 0 aromatic heterocycles. The molecule has 0 saturated heterocycles. The van der Waals surface area contributed by atoms with Crippen LogP contribution in [0.15, 0.2) is 0 Å². The predicted molar refractivity (Wildman–Crippen MR) is 42.3 cm³/mol. The van der Waals surface area contributed by atoms with E-state index in [2.05, 4.69) is 5.92 Å². The molecular formula is C7H12O2S. The average molecular weight is 160 g/mol.